The zero-order valence-electron chi connectivity index (χ0n) is 16.3. The smallest absolute Gasteiger partial charge is 0.273 e. The molecule has 1 atom stereocenters. The second kappa shape index (κ2) is 8.79. The van der Waals surface area contributed by atoms with Gasteiger partial charge in [-0.3, -0.25) is 14.2 Å². The number of hydrogen-bond donors (Lipinski definition) is 1. The predicted molar refractivity (Wildman–Crippen MR) is 115 cm³/mol. The van der Waals surface area contributed by atoms with E-state index in [-0.39, 0.29) is 24.1 Å². The number of nitrogens with zero attached hydrogens (tertiary/aromatic N) is 3. The van der Waals surface area contributed by atoms with Crippen LogP contribution in [0.15, 0.2) is 35.1 Å². The summed E-state index contributed by atoms with van der Waals surface area (Å²) >= 11 is 6.58. The van der Waals surface area contributed by atoms with E-state index in [4.69, 9.17) is 12.2 Å². The molecular weight excluding hydrogens is 392 g/mol. The van der Waals surface area contributed by atoms with Gasteiger partial charge in [0.15, 0.2) is 9.60 Å². The molecule has 148 valence electrons. The van der Waals surface area contributed by atoms with E-state index >= 15 is 0 Å². The summed E-state index contributed by atoms with van der Waals surface area (Å²) in [7, 11) is 0. The molecule has 28 heavy (non-hydrogen) atoms. The molecule has 3 aromatic rings. The maximum absolute atomic E-state index is 12.9. The van der Waals surface area contributed by atoms with Crippen LogP contribution in [0.5, 0.6) is 0 Å². The van der Waals surface area contributed by atoms with Crippen LogP contribution in [0.3, 0.4) is 0 Å². The van der Waals surface area contributed by atoms with Crippen molar-refractivity contribution in [3.8, 4) is 0 Å². The van der Waals surface area contributed by atoms with Crippen molar-refractivity contribution in [3.63, 3.8) is 0 Å². The number of rotatable bonds is 7. The summed E-state index contributed by atoms with van der Waals surface area (Å²) in [5, 5.41) is 2.98. The number of hydrogen-bond acceptors (Lipinski definition) is 5. The van der Waals surface area contributed by atoms with Crippen LogP contribution in [0, 0.1) is 10.9 Å². The van der Waals surface area contributed by atoms with Crippen LogP contribution in [0.4, 0.5) is 0 Å². The van der Waals surface area contributed by atoms with Gasteiger partial charge >= 0.3 is 0 Å². The molecule has 0 fully saturated rings. The Morgan fingerprint density at radius 1 is 1.29 bits per heavy atom. The van der Waals surface area contributed by atoms with Gasteiger partial charge in [-0.2, -0.15) is 0 Å². The fraction of sp³-hybridized carbons (Fsp3) is 0.400. The highest BCUT2D eigenvalue weighted by Gasteiger charge is 2.16. The molecule has 0 radical (unpaired) electrons. The standard InChI is InChI=1S/C20H24N4O2S2/c1-4-23-18-17(28-20(23)27)19(26)24(14(3)22-18)12-16(25)21-13(2)10-11-15-8-6-5-7-9-15/h5-9,13H,4,10-12H2,1-3H3,(H,21,25). The third-order valence-electron chi connectivity index (χ3n) is 4.70. The minimum absolute atomic E-state index is 0.0173. The van der Waals surface area contributed by atoms with Gasteiger partial charge in [0.25, 0.3) is 5.56 Å². The van der Waals surface area contributed by atoms with E-state index in [2.05, 4.69) is 22.4 Å². The molecular formula is C20H24N4O2S2. The molecule has 2 heterocycles. The Morgan fingerprint density at radius 2 is 2.00 bits per heavy atom. The fourth-order valence-electron chi connectivity index (χ4n) is 3.16. The molecule has 0 aliphatic rings. The minimum Gasteiger partial charge on any atom is -0.352 e. The highest BCUT2D eigenvalue weighted by molar-refractivity contribution is 7.73. The van der Waals surface area contributed by atoms with E-state index in [1.54, 1.807) is 6.92 Å². The van der Waals surface area contributed by atoms with Gasteiger partial charge in [-0.1, -0.05) is 41.7 Å². The van der Waals surface area contributed by atoms with E-state index < -0.39 is 0 Å². The molecule has 3 rings (SSSR count). The number of benzene rings is 1. The number of amides is 1. The van der Waals surface area contributed by atoms with Crippen molar-refractivity contribution in [3.05, 3.63) is 56.0 Å². The van der Waals surface area contributed by atoms with Gasteiger partial charge in [-0.15, -0.1) is 0 Å². The largest absolute Gasteiger partial charge is 0.352 e. The average molecular weight is 417 g/mol. The van der Waals surface area contributed by atoms with Crippen molar-refractivity contribution in [2.24, 2.45) is 0 Å². The summed E-state index contributed by atoms with van der Waals surface area (Å²) in [5.41, 5.74) is 1.64. The van der Waals surface area contributed by atoms with Gasteiger partial charge in [0.2, 0.25) is 5.91 Å². The van der Waals surface area contributed by atoms with E-state index in [0.29, 0.717) is 26.7 Å². The molecule has 0 spiro atoms. The molecule has 6 nitrogen and oxygen atoms in total. The quantitative estimate of drug-likeness (QED) is 0.599. The first-order valence-electron chi connectivity index (χ1n) is 9.34. The van der Waals surface area contributed by atoms with Crippen LogP contribution in [0.1, 0.15) is 31.7 Å². The van der Waals surface area contributed by atoms with E-state index in [9.17, 15) is 9.59 Å². The van der Waals surface area contributed by atoms with Crippen molar-refractivity contribution in [1.82, 2.24) is 19.4 Å². The van der Waals surface area contributed by atoms with Crippen LogP contribution >= 0.6 is 23.6 Å². The molecule has 0 aliphatic carbocycles. The Bertz CT molecular complexity index is 1100. The summed E-state index contributed by atoms with van der Waals surface area (Å²) in [6.07, 6.45) is 1.73. The summed E-state index contributed by atoms with van der Waals surface area (Å²) < 4.78 is 4.40. The number of thiazole rings is 1. The van der Waals surface area contributed by atoms with Crippen LogP contribution in [-0.2, 0) is 24.3 Å². The molecule has 1 amide bonds. The zero-order chi connectivity index (χ0) is 20.3. The lowest BCUT2D eigenvalue weighted by atomic mass is 10.1. The molecule has 2 aromatic heterocycles. The molecule has 1 N–H and O–H groups in total. The van der Waals surface area contributed by atoms with Gasteiger partial charge < -0.3 is 9.88 Å². The Hall–Kier alpha value is -2.32. The van der Waals surface area contributed by atoms with Gasteiger partial charge in [-0.25, -0.2) is 4.98 Å². The van der Waals surface area contributed by atoms with Crippen LogP contribution < -0.4 is 10.9 Å². The molecule has 0 saturated heterocycles. The number of carbonyl (C=O) groups is 1. The van der Waals surface area contributed by atoms with Gasteiger partial charge in [0.1, 0.15) is 17.1 Å². The van der Waals surface area contributed by atoms with E-state index in [1.807, 2.05) is 36.6 Å². The third kappa shape index (κ3) is 4.39. The Balaban J connectivity index is 1.70. The van der Waals surface area contributed by atoms with Crippen LogP contribution in [0.25, 0.3) is 10.3 Å². The summed E-state index contributed by atoms with van der Waals surface area (Å²) in [5.74, 6) is 0.324. The van der Waals surface area contributed by atoms with E-state index in [0.717, 1.165) is 12.8 Å². The summed E-state index contributed by atoms with van der Waals surface area (Å²) in [6, 6.07) is 10.2. The van der Waals surface area contributed by atoms with Gasteiger partial charge in [-0.05, 0) is 51.4 Å². The monoisotopic (exact) mass is 416 g/mol. The highest BCUT2D eigenvalue weighted by Crippen LogP contribution is 2.18. The maximum atomic E-state index is 12.9. The Kier molecular flexibility index (Phi) is 6.41. The maximum Gasteiger partial charge on any atom is 0.273 e. The molecule has 0 saturated carbocycles. The number of fused-ring (bicyclic) bond motifs is 1. The SMILES string of the molecule is CCn1c(=S)sc2c(=O)n(CC(=O)NC(C)CCc3ccccc3)c(C)nc21. The van der Waals surface area contributed by atoms with Crippen molar-refractivity contribution in [1.29, 1.82) is 0 Å². The first kappa shape index (κ1) is 20.4. The van der Waals surface area contributed by atoms with E-state index in [1.165, 1.54) is 21.5 Å². The predicted octanol–water partition coefficient (Wildman–Crippen LogP) is 3.45. The first-order chi connectivity index (χ1) is 13.4. The molecule has 1 aromatic carbocycles. The second-order valence-electron chi connectivity index (χ2n) is 6.81. The molecule has 0 aliphatic heterocycles. The van der Waals surface area contributed by atoms with Gasteiger partial charge in [0, 0.05) is 12.6 Å². The van der Waals surface area contributed by atoms with Crippen LogP contribution in [0.2, 0.25) is 0 Å². The second-order valence-corrected chi connectivity index (χ2v) is 8.45. The van der Waals surface area contributed by atoms with Gasteiger partial charge in [0.05, 0.1) is 0 Å². The fourth-order valence-corrected chi connectivity index (χ4v) is 4.57. The van der Waals surface area contributed by atoms with Crippen molar-refractivity contribution in [2.75, 3.05) is 0 Å². The van der Waals surface area contributed by atoms with Crippen molar-refractivity contribution < 1.29 is 4.79 Å². The lowest BCUT2D eigenvalue weighted by Gasteiger charge is -2.15. The Morgan fingerprint density at radius 3 is 2.68 bits per heavy atom. The number of nitrogens with one attached hydrogen (secondary N) is 1. The number of aryl methyl sites for hydroxylation is 3. The molecule has 0 bridgehead atoms. The Labute approximate surface area is 172 Å². The lowest BCUT2D eigenvalue weighted by Crippen LogP contribution is -2.38. The van der Waals surface area contributed by atoms with Crippen molar-refractivity contribution in [2.45, 2.75) is 52.7 Å². The third-order valence-corrected chi connectivity index (χ3v) is 6.13. The first-order valence-corrected chi connectivity index (χ1v) is 10.6. The van der Waals surface area contributed by atoms with Crippen LogP contribution in [-0.4, -0.2) is 26.1 Å². The average Bonchev–Trinajstić information content (AvgIpc) is 2.99. The summed E-state index contributed by atoms with van der Waals surface area (Å²) in [6.45, 7) is 6.31. The molecule has 1 unspecified atom stereocenters. The number of aromatic nitrogens is 3. The van der Waals surface area contributed by atoms with Crippen molar-refractivity contribution >= 4 is 39.8 Å². The summed E-state index contributed by atoms with van der Waals surface area (Å²) in [4.78, 5) is 29.9. The highest BCUT2D eigenvalue weighted by atomic mass is 32.1. The zero-order valence-corrected chi connectivity index (χ0v) is 17.9. The topological polar surface area (TPSA) is 68.9 Å². The normalized spacial score (nSPS) is 12.2. The lowest BCUT2D eigenvalue weighted by molar-refractivity contribution is -0.122. The minimum atomic E-state index is -0.210. The number of carbonyl (C=O) groups excluding carboxylic acids is 1. The molecule has 8 heteroatoms.